The van der Waals surface area contributed by atoms with E-state index in [2.05, 4.69) is 4.90 Å². The lowest BCUT2D eigenvalue weighted by Crippen LogP contribution is -2.25. The van der Waals surface area contributed by atoms with Gasteiger partial charge in [-0.05, 0) is 73.0 Å². The number of fused-ring (bicyclic) bond motifs is 3. The van der Waals surface area contributed by atoms with Crippen molar-refractivity contribution in [2.75, 3.05) is 37.2 Å². The van der Waals surface area contributed by atoms with Gasteiger partial charge >= 0.3 is 5.97 Å². The molecule has 1 saturated heterocycles. The molecule has 0 spiro atoms. The first-order valence-corrected chi connectivity index (χ1v) is 12.6. The molecule has 3 atom stereocenters. The molecule has 8 nitrogen and oxygen atoms in total. The number of thiol groups is 1. The summed E-state index contributed by atoms with van der Waals surface area (Å²) in [5.41, 5.74) is 1.33. The highest BCUT2D eigenvalue weighted by molar-refractivity contribution is 7.74. The van der Waals surface area contributed by atoms with Crippen LogP contribution in [0.25, 0.3) is 0 Å². The Labute approximate surface area is 198 Å². The van der Waals surface area contributed by atoms with E-state index in [9.17, 15) is 27.8 Å². The quantitative estimate of drug-likeness (QED) is 0.488. The van der Waals surface area contributed by atoms with Crippen LogP contribution in [0.5, 0.6) is 5.75 Å². The number of rotatable bonds is 8. The summed E-state index contributed by atoms with van der Waals surface area (Å²) in [5, 5.41) is 19.2. The van der Waals surface area contributed by atoms with Crippen molar-refractivity contribution in [2.45, 2.75) is 25.2 Å². The lowest BCUT2D eigenvalue weighted by atomic mass is 9.96. The summed E-state index contributed by atoms with van der Waals surface area (Å²) >= 11 is 0. The fraction of sp³-hybridized carbons (Fsp3) is 0.458. The Morgan fingerprint density at radius 2 is 2.03 bits per heavy atom. The Bertz CT molecular complexity index is 1190. The molecule has 10 heteroatoms. The zero-order valence-electron chi connectivity index (χ0n) is 18.5. The maximum atomic E-state index is 14.2. The summed E-state index contributed by atoms with van der Waals surface area (Å²) in [7, 11) is -3.28. The van der Waals surface area contributed by atoms with Crippen LogP contribution in [-0.2, 0) is 17.3 Å². The van der Waals surface area contributed by atoms with Crippen molar-refractivity contribution >= 4 is 28.2 Å². The SMILES string of the molecule is O=C(O)c1c(N(c2ccc(F)cc2C[C@@H]2CCN(CCO)C2)[SH](=O)=O)ccc2c1OC[C@@H]1C[C@H]21. The number of anilines is 2. The van der Waals surface area contributed by atoms with Crippen LogP contribution in [0.1, 0.15) is 40.2 Å². The van der Waals surface area contributed by atoms with Gasteiger partial charge in [-0.15, -0.1) is 0 Å². The largest absolute Gasteiger partial charge is 0.492 e. The minimum Gasteiger partial charge on any atom is -0.492 e. The minimum absolute atomic E-state index is 0.0114. The molecule has 1 aliphatic carbocycles. The van der Waals surface area contributed by atoms with Gasteiger partial charge in [0.2, 0.25) is 10.9 Å². The molecule has 182 valence electrons. The molecule has 5 rings (SSSR count). The van der Waals surface area contributed by atoms with Gasteiger partial charge in [-0.25, -0.2) is 21.9 Å². The Morgan fingerprint density at radius 3 is 2.76 bits per heavy atom. The van der Waals surface area contributed by atoms with Crippen molar-refractivity contribution in [1.29, 1.82) is 0 Å². The average molecular weight is 491 g/mol. The molecule has 2 aromatic rings. The van der Waals surface area contributed by atoms with Crippen LogP contribution >= 0.6 is 0 Å². The van der Waals surface area contributed by atoms with Crippen molar-refractivity contribution in [2.24, 2.45) is 11.8 Å². The summed E-state index contributed by atoms with van der Waals surface area (Å²) in [4.78, 5) is 14.4. The maximum absolute atomic E-state index is 14.2. The number of benzene rings is 2. The van der Waals surface area contributed by atoms with Gasteiger partial charge in [0.25, 0.3) is 0 Å². The van der Waals surface area contributed by atoms with E-state index >= 15 is 0 Å². The molecule has 0 aromatic heterocycles. The third kappa shape index (κ3) is 4.25. The standard InChI is InChI=1S/C24H27FN2O6S/c25-17-1-3-20(15(10-17)9-14-5-6-26(12-14)7-8-28)27(34(31)32)21-4-2-18-19-11-16(19)13-33-23(18)22(21)24(29)30/h1-4,10,14,16,19,28,34H,5-9,11-13H2,(H,29,30)/t14-,16-,19-/m0/s1. The number of nitrogens with zero attached hydrogens (tertiary/aromatic N) is 2. The van der Waals surface area contributed by atoms with Gasteiger partial charge in [0.15, 0.2) is 0 Å². The number of aliphatic hydroxyl groups excluding tert-OH is 1. The number of likely N-dealkylation sites (tertiary alicyclic amines) is 1. The molecule has 0 bridgehead atoms. The normalized spacial score (nSPS) is 23.3. The number of aromatic carboxylic acids is 1. The second-order valence-electron chi connectivity index (χ2n) is 9.30. The zero-order chi connectivity index (χ0) is 24.0. The highest BCUT2D eigenvalue weighted by atomic mass is 32.2. The van der Waals surface area contributed by atoms with Crippen molar-refractivity contribution in [3.05, 3.63) is 52.8 Å². The average Bonchev–Trinajstić information content (AvgIpc) is 3.47. The predicted octanol–water partition coefficient (Wildman–Crippen LogP) is 2.54. The van der Waals surface area contributed by atoms with Crippen LogP contribution in [-0.4, -0.2) is 62.3 Å². The Kier molecular flexibility index (Phi) is 6.22. The van der Waals surface area contributed by atoms with Crippen molar-refractivity contribution in [3.63, 3.8) is 0 Å². The number of aliphatic hydroxyl groups is 1. The van der Waals surface area contributed by atoms with E-state index in [1.165, 1.54) is 24.3 Å². The van der Waals surface area contributed by atoms with Crippen molar-refractivity contribution in [3.8, 4) is 5.75 Å². The number of carboxylic acid groups (broad SMARTS) is 1. The van der Waals surface area contributed by atoms with E-state index < -0.39 is 22.7 Å². The van der Waals surface area contributed by atoms with Gasteiger partial charge < -0.3 is 19.8 Å². The molecular formula is C24H27FN2O6S. The smallest absolute Gasteiger partial charge is 0.341 e. The number of halogens is 1. The number of carbonyl (C=O) groups is 1. The molecule has 1 saturated carbocycles. The van der Waals surface area contributed by atoms with Crippen LogP contribution in [0.3, 0.4) is 0 Å². The third-order valence-electron chi connectivity index (χ3n) is 7.10. The van der Waals surface area contributed by atoms with Crippen LogP contribution in [0.15, 0.2) is 30.3 Å². The molecule has 2 fully saturated rings. The molecule has 3 aliphatic rings. The summed E-state index contributed by atoms with van der Waals surface area (Å²) in [6, 6.07) is 7.16. The monoisotopic (exact) mass is 490 g/mol. The van der Waals surface area contributed by atoms with Crippen molar-refractivity contribution in [1.82, 2.24) is 4.90 Å². The topological polar surface area (TPSA) is 107 Å². The molecule has 2 aromatic carbocycles. The van der Waals surface area contributed by atoms with Gasteiger partial charge in [0.1, 0.15) is 17.1 Å². The molecule has 2 N–H and O–H groups in total. The summed E-state index contributed by atoms with van der Waals surface area (Å²) in [5.74, 6) is -0.742. The van der Waals surface area contributed by atoms with Crippen molar-refractivity contribution < 1.29 is 32.6 Å². The van der Waals surface area contributed by atoms with Gasteiger partial charge in [0.05, 0.1) is 24.6 Å². The van der Waals surface area contributed by atoms with Crippen LogP contribution in [0, 0.1) is 17.7 Å². The van der Waals surface area contributed by atoms with Gasteiger partial charge in [-0.2, -0.15) is 0 Å². The first-order valence-electron chi connectivity index (χ1n) is 11.5. The fourth-order valence-electron chi connectivity index (χ4n) is 5.39. The van der Waals surface area contributed by atoms with Crippen LogP contribution in [0.2, 0.25) is 0 Å². The molecule has 34 heavy (non-hydrogen) atoms. The molecule has 0 radical (unpaired) electrons. The van der Waals surface area contributed by atoms with E-state index in [1.54, 1.807) is 6.07 Å². The number of ether oxygens (including phenoxy) is 1. The third-order valence-corrected chi connectivity index (χ3v) is 7.86. The summed E-state index contributed by atoms with van der Waals surface area (Å²) in [6.07, 6.45) is 2.21. The summed E-state index contributed by atoms with van der Waals surface area (Å²) in [6.45, 7) is 2.56. The summed E-state index contributed by atoms with van der Waals surface area (Å²) < 4.78 is 46.0. The highest BCUT2D eigenvalue weighted by Gasteiger charge is 2.45. The Morgan fingerprint density at radius 1 is 1.24 bits per heavy atom. The number of hydrogen-bond acceptors (Lipinski definition) is 6. The molecule has 2 heterocycles. The maximum Gasteiger partial charge on any atom is 0.341 e. The van der Waals surface area contributed by atoms with Gasteiger partial charge in [0, 0.05) is 19.0 Å². The highest BCUT2D eigenvalue weighted by Crippen LogP contribution is 2.56. The minimum atomic E-state index is -3.28. The lowest BCUT2D eigenvalue weighted by Gasteiger charge is -2.27. The molecular weight excluding hydrogens is 463 g/mol. The van der Waals surface area contributed by atoms with Gasteiger partial charge in [-0.3, -0.25) is 0 Å². The number of carboxylic acids is 1. The molecule has 2 aliphatic heterocycles. The predicted molar refractivity (Wildman–Crippen MR) is 124 cm³/mol. The Balaban J connectivity index is 1.56. The van der Waals surface area contributed by atoms with E-state index in [-0.39, 0.29) is 41.1 Å². The van der Waals surface area contributed by atoms with Gasteiger partial charge in [-0.1, -0.05) is 6.07 Å². The zero-order valence-corrected chi connectivity index (χ0v) is 19.4. The number of hydrogen-bond donors (Lipinski definition) is 3. The van der Waals surface area contributed by atoms with E-state index in [0.29, 0.717) is 31.1 Å². The first-order chi connectivity index (χ1) is 16.4. The lowest BCUT2D eigenvalue weighted by molar-refractivity contribution is 0.0692. The molecule has 0 unspecified atom stereocenters. The fourth-order valence-corrected chi connectivity index (χ4v) is 6.10. The van der Waals surface area contributed by atoms with Crippen LogP contribution < -0.4 is 9.04 Å². The van der Waals surface area contributed by atoms with Crippen LogP contribution in [0.4, 0.5) is 15.8 Å². The second-order valence-corrected chi connectivity index (χ2v) is 10.2. The first kappa shape index (κ1) is 23.1. The second kappa shape index (κ2) is 9.16. The van der Waals surface area contributed by atoms with E-state index in [1.807, 2.05) is 0 Å². The van der Waals surface area contributed by atoms with E-state index in [4.69, 9.17) is 4.74 Å². The van der Waals surface area contributed by atoms with E-state index in [0.717, 1.165) is 35.8 Å². The Hall–Kier alpha value is -2.69. The number of β-amino-alcohol motifs (C(OH)–C–C–N with tert-alkyl or cyclic N) is 1. The molecule has 0 amide bonds.